The van der Waals surface area contributed by atoms with Gasteiger partial charge in [0.2, 0.25) is 0 Å². The molecule has 0 aliphatic carbocycles. The van der Waals surface area contributed by atoms with Gasteiger partial charge in [0.1, 0.15) is 17.9 Å². The summed E-state index contributed by atoms with van der Waals surface area (Å²) in [6.07, 6.45) is 0. The van der Waals surface area contributed by atoms with Crippen LogP contribution >= 0.6 is 11.9 Å². The lowest BCUT2D eigenvalue weighted by atomic mass is 10.3. The van der Waals surface area contributed by atoms with E-state index in [-0.39, 0.29) is 11.3 Å². The molecule has 8 heavy (non-hydrogen) atoms. The Morgan fingerprint density at radius 3 is 2.25 bits per heavy atom. The van der Waals surface area contributed by atoms with Gasteiger partial charge in [0.05, 0.1) is 5.57 Å². The van der Waals surface area contributed by atoms with Gasteiger partial charge < -0.3 is 4.29 Å². The molecule has 0 aromatic rings. The molecule has 0 rings (SSSR count). The van der Waals surface area contributed by atoms with Gasteiger partial charge in [-0.05, 0) is 0 Å². The standard InChI is InChI=1S/C5H4ClNO/c1-4(3-7)5(2)8-6/h1-2H2. The van der Waals surface area contributed by atoms with Crippen LogP contribution < -0.4 is 0 Å². The third-order valence-electron chi connectivity index (χ3n) is 0.565. The van der Waals surface area contributed by atoms with Crippen LogP contribution in [0, 0.1) is 11.3 Å². The summed E-state index contributed by atoms with van der Waals surface area (Å²) in [6.45, 7) is 6.54. The second-order valence-corrected chi connectivity index (χ2v) is 1.24. The summed E-state index contributed by atoms with van der Waals surface area (Å²) < 4.78 is 4.06. The third-order valence-corrected chi connectivity index (χ3v) is 0.751. The molecule has 0 bridgehead atoms. The van der Waals surface area contributed by atoms with Crippen LogP contribution in [0.1, 0.15) is 0 Å². The Balaban J connectivity index is 3.89. The van der Waals surface area contributed by atoms with Gasteiger partial charge >= 0.3 is 0 Å². The predicted octanol–water partition coefficient (Wildman–Crippen LogP) is 1.75. The van der Waals surface area contributed by atoms with Gasteiger partial charge in [-0.25, -0.2) is 0 Å². The summed E-state index contributed by atoms with van der Waals surface area (Å²) >= 11 is 4.81. The summed E-state index contributed by atoms with van der Waals surface area (Å²) in [5.74, 6) is 0.0918. The van der Waals surface area contributed by atoms with Crippen LogP contribution in [-0.4, -0.2) is 0 Å². The fraction of sp³-hybridized carbons (Fsp3) is 0. The lowest BCUT2D eigenvalue weighted by Gasteiger charge is -1.91. The van der Waals surface area contributed by atoms with Crippen molar-refractivity contribution in [2.75, 3.05) is 0 Å². The Bertz CT molecular complexity index is 156. The maximum atomic E-state index is 8.09. The molecule has 0 atom stereocenters. The first kappa shape index (κ1) is 7.06. The zero-order chi connectivity index (χ0) is 6.57. The van der Waals surface area contributed by atoms with Crippen molar-refractivity contribution in [1.29, 1.82) is 5.26 Å². The molecular formula is C5H4ClNO. The van der Waals surface area contributed by atoms with Crippen molar-refractivity contribution in [3.8, 4) is 6.07 Å². The summed E-state index contributed by atoms with van der Waals surface area (Å²) in [5, 5.41) is 8.09. The Hall–Kier alpha value is -0.940. The Morgan fingerprint density at radius 1 is 1.62 bits per heavy atom. The highest BCUT2D eigenvalue weighted by Crippen LogP contribution is 2.05. The highest BCUT2D eigenvalue weighted by molar-refractivity contribution is 6.08. The third kappa shape index (κ3) is 1.67. The smallest absolute Gasteiger partial charge is 0.156 e. The first-order valence-corrected chi connectivity index (χ1v) is 2.10. The van der Waals surface area contributed by atoms with Crippen LogP contribution in [0.5, 0.6) is 0 Å². The highest BCUT2D eigenvalue weighted by Gasteiger charge is 1.95. The van der Waals surface area contributed by atoms with Crippen LogP contribution in [0.4, 0.5) is 0 Å². The lowest BCUT2D eigenvalue weighted by molar-refractivity contribution is 0.493. The number of nitrogens with zero attached hydrogens (tertiary/aromatic N) is 1. The molecule has 0 saturated heterocycles. The SMILES string of the molecule is C=C(C#N)C(=C)OCl. The van der Waals surface area contributed by atoms with Crippen LogP contribution in [0.3, 0.4) is 0 Å². The zero-order valence-electron chi connectivity index (χ0n) is 4.15. The molecule has 42 valence electrons. The number of halogens is 1. The van der Waals surface area contributed by atoms with Gasteiger partial charge in [-0.2, -0.15) is 5.26 Å². The Labute approximate surface area is 52.8 Å². The van der Waals surface area contributed by atoms with Gasteiger partial charge in [-0.3, -0.25) is 0 Å². The molecule has 0 N–H and O–H groups in total. The Morgan fingerprint density at radius 2 is 2.12 bits per heavy atom. The van der Waals surface area contributed by atoms with Crippen molar-refractivity contribution < 1.29 is 4.29 Å². The molecule has 0 aliphatic rings. The summed E-state index contributed by atoms with van der Waals surface area (Å²) in [6, 6.07) is 1.71. The molecule has 3 heteroatoms. The van der Waals surface area contributed by atoms with E-state index in [4.69, 9.17) is 17.1 Å². The number of hydrogen-bond donors (Lipinski definition) is 0. The number of rotatable bonds is 2. The van der Waals surface area contributed by atoms with E-state index in [1.807, 2.05) is 0 Å². The van der Waals surface area contributed by atoms with Crippen LogP contribution in [0.2, 0.25) is 0 Å². The fourth-order valence-electron chi connectivity index (χ4n) is 0.109. The van der Waals surface area contributed by atoms with Crippen molar-refractivity contribution in [3.63, 3.8) is 0 Å². The largest absolute Gasteiger partial charge is 0.385 e. The first-order valence-electron chi connectivity index (χ1n) is 1.79. The van der Waals surface area contributed by atoms with E-state index in [0.717, 1.165) is 0 Å². The molecular weight excluding hydrogens is 126 g/mol. The minimum Gasteiger partial charge on any atom is -0.385 e. The minimum atomic E-state index is 0.0918. The van der Waals surface area contributed by atoms with E-state index >= 15 is 0 Å². The number of allylic oxidation sites excluding steroid dienone is 1. The number of hydrogen-bond acceptors (Lipinski definition) is 2. The molecule has 0 aromatic heterocycles. The molecule has 2 nitrogen and oxygen atoms in total. The van der Waals surface area contributed by atoms with Crippen LogP contribution in [0.15, 0.2) is 24.5 Å². The monoisotopic (exact) mass is 129 g/mol. The summed E-state index contributed by atoms with van der Waals surface area (Å²) in [7, 11) is 0. The molecule has 0 heterocycles. The van der Waals surface area contributed by atoms with E-state index < -0.39 is 0 Å². The molecule has 0 spiro atoms. The fourth-order valence-corrected chi connectivity index (χ4v) is 0.202. The molecule has 0 radical (unpaired) electrons. The number of nitriles is 1. The average molecular weight is 130 g/mol. The normalized spacial score (nSPS) is 7.00. The van der Waals surface area contributed by atoms with E-state index in [0.29, 0.717) is 0 Å². The molecule has 0 fully saturated rings. The van der Waals surface area contributed by atoms with Gasteiger partial charge in [-0.1, -0.05) is 13.2 Å². The second-order valence-electron chi connectivity index (χ2n) is 1.09. The van der Waals surface area contributed by atoms with Gasteiger partial charge in [0.15, 0.2) is 5.76 Å². The predicted molar refractivity (Wildman–Crippen MR) is 30.8 cm³/mol. The zero-order valence-corrected chi connectivity index (χ0v) is 4.90. The van der Waals surface area contributed by atoms with Gasteiger partial charge in [0.25, 0.3) is 0 Å². The van der Waals surface area contributed by atoms with Crippen LogP contribution in [-0.2, 0) is 4.29 Å². The summed E-state index contributed by atoms with van der Waals surface area (Å²) in [4.78, 5) is 0. The minimum absolute atomic E-state index is 0.0918. The molecule has 0 aromatic carbocycles. The molecule has 0 amide bonds. The average Bonchev–Trinajstić information content (AvgIpc) is 1.84. The van der Waals surface area contributed by atoms with Crippen molar-refractivity contribution >= 4 is 11.9 Å². The maximum absolute atomic E-state index is 8.09. The summed E-state index contributed by atoms with van der Waals surface area (Å²) in [5.41, 5.74) is 0.139. The maximum Gasteiger partial charge on any atom is 0.156 e. The second kappa shape index (κ2) is 3.11. The molecule has 0 saturated carbocycles. The van der Waals surface area contributed by atoms with Crippen molar-refractivity contribution in [1.82, 2.24) is 0 Å². The van der Waals surface area contributed by atoms with E-state index in [1.54, 1.807) is 6.07 Å². The quantitative estimate of drug-likeness (QED) is 0.323. The molecule has 0 unspecified atom stereocenters. The van der Waals surface area contributed by atoms with Crippen LogP contribution in [0.25, 0.3) is 0 Å². The lowest BCUT2D eigenvalue weighted by Crippen LogP contribution is -1.79. The molecule has 0 aliphatic heterocycles. The Kier molecular flexibility index (Phi) is 2.75. The van der Waals surface area contributed by atoms with Gasteiger partial charge in [0, 0.05) is 0 Å². The van der Waals surface area contributed by atoms with E-state index in [9.17, 15) is 0 Å². The van der Waals surface area contributed by atoms with Gasteiger partial charge in [-0.15, -0.1) is 0 Å². The first-order chi connectivity index (χ1) is 3.72. The van der Waals surface area contributed by atoms with Crippen molar-refractivity contribution in [3.05, 3.63) is 24.5 Å². The van der Waals surface area contributed by atoms with Crippen molar-refractivity contribution in [2.45, 2.75) is 0 Å². The van der Waals surface area contributed by atoms with E-state index in [1.165, 1.54) is 0 Å². The van der Waals surface area contributed by atoms with Crippen molar-refractivity contribution in [2.24, 2.45) is 0 Å². The highest BCUT2D eigenvalue weighted by atomic mass is 35.5. The topological polar surface area (TPSA) is 33.0 Å². The van der Waals surface area contributed by atoms with E-state index in [2.05, 4.69) is 17.4 Å².